The van der Waals surface area contributed by atoms with E-state index in [9.17, 15) is 24.6 Å². The first kappa shape index (κ1) is 22.4. The summed E-state index contributed by atoms with van der Waals surface area (Å²) in [5.41, 5.74) is 0.980. The molecule has 4 N–H and O–H groups in total. The molecule has 0 bridgehead atoms. The molecule has 3 atom stereocenters. The Kier molecular flexibility index (Phi) is 6.90. The van der Waals surface area contributed by atoms with Crippen LogP contribution in [0, 0.1) is 11.8 Å². The van der Waals surface area contributed by atoms with Crippen molar-refractivity contribution in [1.82, 2.24) is 10.6 Å². The van der Waals surface area contributed by atoms with Crippen LogP contribution in [0.2, 0.25) is 0 Å². The number of Topliss-reactive ketones (excluding diaryl/α,β-unsaturated/α-hetero) is 1. The molecule has 1 aliphatic carbocycles. The molecule has 1 fully saturated rings. The lowest BCUT2D eigenvalue weighted by Crippen LogP contribution is -2.56. The van der Waals surface area contributed by atoms with Gasteiger partial charge in [-0.25, -0.2) is 0 Å². The minimum Gasteiger partial charge on any atom is -0.394 e. The number of hydrogen-bond acceptors (Lipinski definition) is 6. The van der Waals surface area contributed by atoms with Crippen molar-refractivity contribution in [3.8, 4) is 0 Å². The number of aliphatic hydroxyl groups is 2. The lowest BCUT2D eigenvalue weighted by Gasteiger charge is -2.25. The maximum atomic E-state index is 12.7. The van der Waals surface area contributed by atoms with Gasteiger partial charge in [-0.3, -0.25) is 14.4 Å². The Balaban J connectivity index is 1.61. The molecule has 1 saturated heterocycles. The van der Waals surface area contributed by atoms with Gasteiger partial charge in [0.25, 0.3) is 0 Å². The van der Waals surface area contributed by atoms with Crippen LogP contribution in [0.5, 0.6) is 0 Å². The number of carbonyl (C=O) groups is 3. The number of rotatable bonds is 10. The predicted octanol–water partition coefficient (Wildman–Crippen LogP) is -0.260. The highest BCUT2D eigenvalue weighted by Crippen LogP contribution is 2.30. The van der Waals surface area contributed by atoms with Gasteiger partial charge < -0.3 is 25.6 Å². The summed E-state index contributed by atoms with van der Waals surface area (Å²) in [5, 5.41) is 24.4. The highest BCUT2D eigenvalue weighted by molar-refractivity contribution is 5.98. The molecule has 1 heterocycles. The van der Waals surface area contributed by atoms with E-state index in [0.717, 1.165) is 11.1 Å². The molecule has 1 aromatic carbocycles. The number of nitrogens with one attached hydrogen (secondary N) is 2. The number of hydrogen-bond donors (Lipinski definition) is 4. The first-order valence-corrected chi connectivity index (χ1v) is 10.4. The molecular weight excluding hydrogens is 388 g/mol. The first-order chi connectivity index (χ1) is 14.3. The van der Waals surface area contributed by atoms with Crippen LogP contribution in [0.4, 0.5) is 0 Å². The highest BCUT2D eigenvalue weighted by Gasteiger charge is 2.54. The lowest BCUT2D eigenvalue weighted by molar-refractivity contribution is -0.135. The molecular formula is C22H30N2O6. The fourth-order valence-corrected chi connectivity index (χ4v) is 3.92. The second-order valence-electron chi connectivity index (χ2n) is 8.61. The van der Waals surface area contributed by atoms with Crippen LogP contribution < -0.4 is 10.6 Å². The Bertz CT molecular complexity index is 780. The molecule has 0 unspecified atom stereocenters. The topological polar surface area (TPSA) is 128 Å². The standard InChI is InChI=1S/C22H30N2O6/c1-13(2)7-17(19(27)22(11-26)12-30-22)23-21(29)18(10-25)24-20(28)16-8-14-5-3-4-6-15(14)9-16/h3-6,13,16-18,25-26H,7-12H2,1-2H3,(H,23,29)(H,24,28)/t17-,18-,22+/m0/s1. The Hall–Kier alpha value is -2.29. The number of ketones is 1. The lowest BCUT2D eigenvalue weighted by atomic mass is 9.92. The predicted molar refractivity (Wildman–Crippen MR) is 109 cm³/mol. The molecule has 30 heavy (non-hydrogen) atoms. The zero-order valence-corrected chi connectivity index (χ0v) is 17.4. The van der Waals surface area contributed by atoms with E-state index in [0.29, 0.717) is 19.3 Å². The van der Waals surface area contributed by atoms with E-state index in [1.165, 1.54) is 0 Å². The minimum atomic E-state index is -1.25. The Morgan fingerprint density at radius 2 is 1.70 bits per heavy atom. The van der Waals surface area contributed by atoms with E-state index in [-0.39, 0.29) is 30.1 Å². The largest absolute Gasteiger partial charge is 0.394 e. The maximum Gasteiger partial charge on any atom is 0.245 e. The van der Waals surface area contributed by atoms with Gasteiger partial charge >= 0.3 is 0 Å². The quantitative estimate of drug-likeness (QED) is 0.388. The van der Waals surface area contributed by atoms with Gasteiger partial charge in [-0.15, -0.1) is 0 Å². The van der Waals surface area contributed by atoms with Crippen LogP contribution in [0.3, 0.4) is 0 Å². The van der Waals surface area contributed by atoms with Gasteiger partial charge in [0.05, 0.1) is 25.9 Å². The molecule has 8 heteroatoms. The second-order valence-corrected chi connectivity index (χ2v) is 8.61. The molecule has 1 aromatic rings. The van der Waals surface area contributed by atoms with Gasteiger partial charge in [0.15, 0.2) is 11.4 Å². The van der Waals surface area contributed by atoms with Crippen molar-refractivity contribution in [2.45, 2.75) is 50.8 Å². The average molecular weight is 418 g/mol. The Labute approximate surface area is 176 Å². The van der Waals surface area contributed by atoms with Crippen LogP contribution in [-0.4, -0.2) is 65.3 Å². The van der Waals surface area contributed by atoms with Crippen molar-refractivity contribution in [2.75, 3.05) is 19.8 Å². The summed E-state index contributed by atoms with van der Waals surface area (Å²) in [5.74, 6) is -1.51. The number of aliphatic hydroxyl groups excluding tert-OH is 2. The molecule has 0 saturated carbocycles. The molecule has 0 radical (unpaired) electrons. The maximum absolute atomic E-state index is 12.7. The third kappa shape index (κ3) is 4.88. The second kappa shape index (κ2) is 9.24. The molecule has 2 aliphatic rings. The summed E-state index contributed by atoms with van der Waals surface area (Å²) in [6.45, 7) is 2.92. The summed E-state index contributed by atoms with van der Waals surface area (Å²) in [4.78, 5) is 38.2. The van der Waals surface area contributed by atoms with Gasteiger partial charge in [-0.05, 0) is 36.3 Å². The van der Waals surface area contributed by atoms with Gasteiger partial charge in [-0.2, -0.15) is 0 Å². The zero-order valence-electron chi connectivity index (χ0n) is 17.4. The third-order valence-corrected chi connectivity index (χ3v) is 5.77. The van der Waals surface area contributed by atoms with Gasteiger partial charge in [0.2, 0.25) is 11.8 Å². The molecule has 8 nitrogen and oxygen atoms in total. The molecule has 1 aliphatic heterocycles. The zero-order chi connectivity index (χ0) is 21.9. The summed E-state index contributed by atoms with van der Waals surface area (Å²) < 4.78 is 5.13. The molecule has 2 amide bonds. The normalized spacial score (nSPS) is 22.3. The van der Waals surface area contributed by atoms with Crippen LogP contribution in [-0.2, 0) is 32.0 Å². The van der Waals surface area contributed by atoms with Crippen LogP contribution in [0.1, 0.15) is 31.4 Å². The summed E-state index contributed by atoms with van der Waals surface area (Å²) >= 11 is 0. The van der Waals surface area contributed by atoms with Crippen molar-refractivity contribution in [3.05, 3.63) is 35.4 Å². The molecule has 0 aromatic heterocycles. The van der Waals surface area contributed by atoms with E-state index in [4.69, 9.17) is 4.74 Å². The fraction of sp³-hybridized carbons (Fsp3) is 0.591. The van der Waals surface area contributed by atoms with Crippen molar-refractivity contribution in [3.63, 3.8) is 0 Å². The van der Waals surface area contributed by atoms with Crippen molar-refractivity contribution in [1.29, 1.82) is 0 Å². The Morgan fingerprint density at radius 1 is 1.10 bits per heavy atom. The number of carbonyl (C=O) groups excluding carboxylic acids is 3. The van der Waals surface area contributed by atoms with Crippen molar-refractivity contribution < 1.29 is 29.3 Å². The monoisotopic (exact) mass is 418 g/mol. The molecule has 164 valence electrons. The first-order valence-electron chi connectivity index (χ1n) is 10.4. The number of fused-ring (bicyclic) bond motifs is 1. The average Bonchev–Trinajstić information content (AvgIpc) is 3.40. The van der Waals surface area contributed by atoms with E-state index >= 15 is 0 Å². The summed E-state index contributed by atoms with van der Waals surface area (Å²) in [6, 6.07) is 5.80. The summed E-state index contributed by atoms with van der Waals surface area (Å²) in [6.07, 6.45) is 1.54. The van der Waals surface area contributed by atoms with Crippen molar-refractivity contribution >= 4 is 17.6 Å². The highest BCUT2D eigenvalue weighted by atomic mass is 16.6. The number of ether oxygens (including phenoxy) is 1. The fourth-order valence-electron chi connectivity index (χ4n) is 3.92. The van der Waals surface area contributed by atoms with Gasteiger partial charge in [0, 0.05) is 5.92 Å². The minimum absolute atomic E-state index is 0.105. The molecule has 0 spiro atoms. The van der Waals surface area contributed by atoms with Crippen molar-refractivity contribution in [2.24, 2.45) is 11.8 Å². The van der Waals surface area contributed by atoms with Gasteiger partial charge in [0.1, 0.15) is 6.04 Å². The third-order valence-electron chi connectivity index (χ3n) is 5.77. The number of amides is 2. The molecule has 3 rings (SSSR count). The van der Waals surface area contributed by atoms with E-state index < -0.39 is 36.8 Å². The van der Waals surface area contributed by atoms with Gasteiger partial charge in [-0.1, -0.05) is 38.1 Å². The van der Waals surface area contributed by atoms with Crippen LogP contribution in [0.15, 0.2) is 24.3 Å². The van der Waals surface area contributed by atoms with E-state index in [2.05, 4.69) is 10.6 Å². The van der Waals surface area contributed by atoms with E-state index in [1.54, 1.807) is 0 Å². The smallest absolute Gasteiger partial charge is 0.245 e. The number of benzene rings is 1. The van der Waals surface area contributed by atoms with Crippen LogP contribution >= 0.6 is 0 Å². The van der Waals surface area contributed by atoms with E-state index in [1.807, 2.05) is 38.1 Å². The SMILES string of the molecule is CC(C)C[C@H](NC(=O)[C@H](CO)NC(=O)C1Cc2ccccc2C1)C(=O)[C@@]1(CO)CO1. The number of epoxide rings is 1. The van der Waals surface area contributed by atoms with Crippen LogP contribution in [0.25, 0.3) is 0 Å². The Morgan fingerprint density at radius 3 is 2.17 bits per heavy atom. The summed E-state index contributed by atoms with van der Waals surface area (Å²) in [7, 11) is 0.